The Bertz CT molecular complexity index is 493. The van der Waals surface area contributed by atoms with E-state index in [1.54, 1.807) is 0 Å². The molecule has 1 saturated heterocycles. The monoisotopic (exact) mass is 314 g/mol. The number of rotatable bonds is 5. The van der Waals surface area contributed by atoms with E-state index < -0.39 is 0 Å². The van der Waals surface area contributed by atoms with Gasteiger partial charge in [0, 0.05) is 32.2 Å². The molecule has 126 valence electrons. The van der Waals surface area contributed by atoms with E-state index >= 15 is 0 Å². The molecule has 2 aliphatic rings. The third kappa shape index (κ3) is 4.71. The van der Waals surface area contributed by atoms with Crippen molar-refractivity contribution in [2.45, 2.75) is 57.2 Å². The molecule has 4 heteroatoms. The molecule has 1 aromatic rings. The Hall–Kier alpha value is -1.55. The summed E-state index contributed by atoms with van der Waals surface area (Å²) in [6.07, 6.45) is 7.84. The van der Waals surface area contributed by atoms with Crippen molar-refractivity contribution in [1.29, 1.82) is 0 Å². The van der Waals surface area contributed by atoms with Crippen LogP contribution in [0.3, 0.4) is 0 Å². The lowest BCUT2D eigenvalue weighted by molar-refractivity contribution is 0.245. The van der Waals surface area contributed by atoms with Crippen molar-refractivity contribution in [3.63, 3.8) is 0 Å². The Morgan fingerprint density at radius 1 is 1.13 bits per heavy atom. The van der Waals surface area contributed by atoms with E-state index in [1.807, 2.05) is 7.05 Å². The highest BCUT2D eigenvalue weighted by atomic mass is 15.2. The highest BCUT2D eigenvalue weighted by molar-refractivity contribution is 5.80. The van der Waals surface area contributed by atoms with Gasteiger partial charge in [0.05, 0.1) is 0 Å². The zero-order valence-electron chi connectivity index (χ0n) is 14.3. The lowest BCUT2D eigenvalue weighted by Gasteiger charge is -2.26. The van der Waals surface area contributed by atoms with Crippen LogP contribution in [-0.4, -0.2) is 43.1 Å². The van der Waals surface area contributed by atoms with Crippen LogP contribution in [0.1, 0.15) is 44.1 Å². The summed E-state index contributed by atoms with van der Waals surface area (Å²) in [6, 6.07) is 12.0. The molecule has 0 aromatic heterocycles. The van der Waals surface area contributed by atoms with Gasteiger partial charge in [0.2, 0.25) is 0 Å². The first-order chi connectivity index (χ1) is 11.3. The molecule has 1 aliphatic carbocycles. The van der Waals surface area contributed by atoms with Crippen molar-refractivity contribution in [3.8, 4) is 0 Å². The maximum atomic E-state index is 4.40. The standard InChI is InChI=1S/C19H30N4/c1-20-19(22-17-10-5-6-11-17)21-14-18-12-7-13-23(18)15-16-8-3-2-4-9-16/h2-4,8-9,17-18H,5-7,10-15H2,1H3,(H2,20,21,22). The van der Waals surface area contributed by atoms with Gasteiger partial charge >= 0.3 is 0 Å². The van der Waals surface area contributed by atoms with Gasteiger partial charge in [-0.25, -0.2) is 0 Å². The van der Waals surface area contributed by atoms with Gasteiger partial charge in [-0.3, -0.25) is 9.89 Å². The molecule has 2 fully saturated rings. The third-order valence-electron chi connectivity index (χ3n) is 5.15. The lowest BCUT2D eigenvalue weighted by Crippen LogP contribution is -2.47. The van der Waals surface area contributed by atoms with Crippen LogP contribution in [0.15, 0.2) is 35.3 Å². The van der Waals surface area contributed by atoms with E-state index in [-0.39, 0.29) is 0 Å². The summed E-state index contributed by atoms with van der Waals surface area (Å²) in [6.45, 7) is 3.25. The maximum absolute atomic E-state index is 4.40. The number of benzene rings is 1. The van der Waals surface area contributed by atoms with Gasteiger partial charge in [-0.2, -0.15) is 0 Å². The van der Waals surface area contributed by atoms with Crippen molar-refractivity contribution in [3.05, 3.63) is 35.9 Å². The highest BCUT2D eigenvalue weighted by Crippen LogP contribution is 2.20. The van der Waals surface area contributed by atoms with Crippen molar-refractivity contribution in [1.82, 2.24) is 15.5 Å². The van der Waals surface area contributed by atoms with Crippen LogP contribution in [0.4, 0.5) is 0 Å². The number of guanidine groups is 1. The van der Waals surface area contributed by atoms with Crippen LogP contribution in [0.25, 0.3) is 0 Å². The van der Waals surface area contributed by atoms with Gasteiger partial charge in [0.1, 0.15) is 0 Å². The zero-order valence-corrected chi connectivity index (χ0v) is 14.3. The molecule has 23 heavy (non-hydrogen) atoms. The second-order valence-electron chi connectivity index (χ2n) is 6.83. The average Bonchev–Trinajstić information content (AvgIpc) is 3.24. The second kappa shape index (κ2) is 8.34. The number of aliphatic imine (C=N–C) groups is 1. The molecule has 0 radical (unpaired) electrons. The maximum Gasteiger partial charge on any atom is 0.191 e. The molecule has 3 rings (SSSR count). The number of likely N-dealkylation sites (tertiary alicyclic amines) is 1. The molecule has 1 saturated carbocycles. The molecule has 1 unspecified atom stereocenters. The molecule has 1 aliphatic heterocycles. The fourth-order valence-electron chi connectivity index (χ4n) is 3.83. The molecule has 2 N–H and O–H groups in total. The first kappa shape index (κ1) is 16.3. The van der Waals surface area contributed by atoms with Gasteiger partial charge in [0.25, 0.3) is 0 Å². The minimum atomic E-state index is 0.609. The molecule has 0 spiro atoms. The molecule has 1 heterocycles. The first-order valence-corrected chi connectivity index (χ1v) is 9.10. The summed E-state index contributed by atoms with van der Waals surface area (Å²) in [5, 5.41) is 7.13. The Morgan fingerprint density at radius 3 is 2.65 bits per heavy atom. The number of nitrogens with one attached hydrogen (secondary N) is 2. The topological polar surface area (TPSA) is 39.7 Å². The quantitative estimate of drug-likeness (QED) is 0.648. The fourth-order valence-corrected chi connectivity index (χ4v) is 3.83. The van der Waals surface area contributed by atoms with Gasteiger partial charge in [-0.05, 0) is 37.8 Å². The van der Waals surface area contributed by atoms with E-state index in [4.69, 9.17) is 0 Å². The van der Waals surface area contributed by atoms with Crippen molar-refractivity contribution in [2.75, 3.05) is 20.1 Å². The van der Waals surface area contributed by atoms with E-state index in [1.165, 1.54) is 50.6 Å². The minimum absolute atomic E-state index is 0.609. The fraction of sp³-hybridized carbons (Fsp3) is 0.632. The van der Waals surface area contributed by atoms with Gasteiger partial charge in [-0.15, -0.1) is 0 Å². The molecule has 0 bridgehead atoms. The predicted molar refractivity (Wildman–Crippen MR) is 96.6 cm³/mol. The van der Waals surface area contributed by atoms with Crippen LogP contribution in [0.5, 0.6) is 0 Å². The molecule has 1 aromatic carbocycles. The van der Waals surface area contributed by atoms with Crippen LogP contribution in [-0.2, 0) is 6.54 Å². The number of hydrogen-bond acceptors (Lipinski definition) is 2. The Kier molecular flexibility index (Phi) is 5.92. The van der Waals surface area contributed by atoms with Crippen molar-refractivity contribution < 1.29 is 0 Å². The molecule has 4 nitrogen and oxygen atoms in total. The van der Waals surface area contributed by atoms with Crippen molar-refractivity contribution in [2.24, 2.45) is 4.99 Å². The summed E-state index contributed by atoms with van der Waals surface area (Å²) in [5.41, 5.74) is 1.41. The van der Waals surface area contributed by atoms with Gasteiger partial charge < -0.3 is 10.6 Å². The van der Waals surface area contributed by atoms with Crippen LogP contribution in [0, 0.1) is 0 Å². The third-order valence-corrected chi connectivity index (χ3v) is 5.15. The van der Waals surface area contributed by atoms with Gasteiger partial charge in [0.15, 0.2) is 5.96 Å². The van der Waals surface area contributed by atoms with E-state index in [9.17, 15) is 0 Å². The van der Waals surface area contributed by atoms with Crippen LogP contribution < -0.4 is 10.6 Å². The Balaban J connectivity index is 1.48. The molecular weight excluding hydrogens is 284 g/mol. The summed E-state index contributed by atoms with van der Waals surface area (Å²) >= 11 is 0. The Morgan fingerprint density at radius 2 is 1.91 bits per heavy atom. The summed E-state index contributed by atoms with van der Waals surface area (Å²) in [5.74, 6) is 0.975. The molecule has 0 amide bonds. The number of hydrogen-bond donors (Lipinski definition) is 2. The minimum Gasteiger partial charge on any atom is -0.355 e. The molecular formula is C19H30N4. The SMILES string of the molecule is CN=C(NCC1CCCN1Cc1ccccc1)NC1CCCC1. The zero-order chi connectivity index (χ0) is 15.9. The van der Waals surface area contributed by atoms with Crippen LogP contribution in [0.2, 0.25) is 0 Å². The summed E-state index contributed by atoms with van der Waals surface area (Å²) < 4.78 is 0. The highest BCUT2D eigenvalue weighted by Gasteiger charge is 2.25. The predicted octanol–water partition coefficient (Wildman–Crippen LogP) is 2.76. The van der Waals surface area contributed by atoms with Crippen molar-refractivity contribution >= 4 is 5.96 Å². The smallest absolute Gasteiger partial charge is 0.191 e. The number of nitrogens with zero attached hydrogens (tertiary/aromatic N) is 2. The summed E-state index contributed by atoms with van der Waals surface area (Å²) in [4.78, 5) is 7.00. The van der Waals surface area contributed by atoms with E-state index in [2.05, 4.69) is 50.9 Å². The normalized spacial score (nSPS) is 23.3. The first-order valence-electron chi connectivity index (χ1n) is 9.10. The molecule has 1 atom stereocenters. The largest absolute Gasteiger partial charge is 0.355 e. The van der Waals surface area contributed by atoms with Gasteiger partial charge in [-0.1, -0.05) is 43.2 Å². The van der Waals surface area contributed by atoms with Crippen LogP contribution >= 0.6 is 0 Å². The average molecular weight is 314 g/mol. The van der Waals surface area contributed by atoms with E-state index in [0.717, 1.165) is 19.0 Å². The Labute approximate surface area is 140 Å². The lowest BCUT2D eigenvalue weighted by atomic mass is 10.2. The van der Waals surface area contributed by atoms with E-state index in [0.29, 0.717) is 12.1 Å². The summed E-state index contributed by atoms with van der Waals surface area (Å²) in [7, 11) is 1.88. The second-order valence-corrected chi connectivity index (χ2v) is 6.83.